The van der Waals surface area contributed by atoms with Gasteiger partial charge in [0.25, 0.3) is 0 Å². The minimum absolute atomic E-state index is 0.210. The summed E-state index contributed by atoms with van der Waals surface area (Å²) in [5.74, 6) is 1.32. The summed E-state index contributed by atoms with van der Waals surface area (Å²) in [5, 5.41) is 12.3. The second-order valence-electron chi connectivity index (χ2n) is 5.13. The molecule has 18 heavy (non-hydrogen) atoms. The van der Waals surface area contributed by atoms with Crippen molar-refractivity contribution in [3.05, 3.63) is 29.8 Å². The van der Waals surface area contributed by atoms with E-state index < -0.39 is 0 Å². The average Bonchev–Trinajstić information content (AvgIpc) is 3.18. The summed E-state index contributed by atoms with van der Waals surface area (Å²) >= 11 is 0. The van der Waals surface area contributed by atoms with Crippen LogP contribution in [-0.4, -0.2) is 18.7 Å². The molecule has 1 unspecified atom stereocenters. The summed E-state index contributed by atoms with van der Waals surface area (Å²) in [4.78, 5) is 0. The number of ether oxygens (including phenoxy) is 1. The molecule has 0 saturated heterocycles. The van der Waals surface area contributed by atoms with Crippen LogP contribution < -0.4 is 10.1 Å². The zero-order valence-electron chi connectivity index (χ0n) is 11.0. The summed E-state index contributed by atoms with van der Waals surface area (Å²) in [5.41, 5.74) is 1.20. The van der Waals surface area contributed by atoms with Crippen LogP contribution in [0.25, 0.3) is 0 Å². The highest BCUT2D eigenvalue weighted by Crippen LogP contribution is 2.26. The van der Waals surface area contributed by atoms with E-state index in [-0.39, 0.29) is 6.04 Å². The van der Waals surface area contributed by atoms with E-state index in [1.807, 2.05) is 18.2 Å². The van der Waals surface area contributed by atoms with E-state index in [1.54, 1.807) is 0 Å². The monoisotopic (exact) mass is 244 g/mol. The van der Waals surface area contributed by atoms with Gasteiger partial charge in [-0.2, -0.15) is 5.26 Å². The predicted molar refractivity (Wildman–Crippen MR) is 71.6 cm³/mol. The Hall–Kier alpha value is -1.53. The van der Waals surface area contributed by atoms with E-state index in [0.717, 1.165) is 5.75 Å². The Morgan fingerprint density at radius 2 is 2.11 bits per heavy atom. The minimum Gasteiger partial charge on any atom is -0.491 e. The van der Waals surface area contributed by atoms with Gasteiger partial charge in [0.05, 0.1) is 6.07 Å². The highest BCUT2D eigenvalue weighted by Gasteiger charge is 2.24. The van der Waals surface area contributed by atoms with Gasteiger partial charge in [-0.25, -0.2) is 0 Å². The first-order valence-corrected chi connectivity index (χ1v) is 6.58. The molecule has 1 N–H and O–H groups in total. The molecule has 3 heteroatoms. The van der Waals surface area contributed by atoms with Crippen molar-refractivity contribution in [3.63, 3.8) is 0 Å². The Morgan fingerprint density at radius 3 is 2.72 bits per heavy atom. The molecular weight excluding hydrogens is 224 g/mol. The number of rotatable bonds is 6. The van der Waals surface area contributed by atoms with Gasteiger partial charge >= 0.3 is 0 Å². The third-order valence-corrected chi connectivity index (χ3v) is 3.12. The zero-order chi connectivity index (χ0) is 13.0. The van der Waals surface area contributed by atoms with Crippen LogP contribution in [0, 0.1) is 11.3 Å². The lowest BCUT2D eigenvalue weighted by molar-refractivity contribution is 0.284. The first kappa shape index (κ1) is 12.9. The summed E-state index contributed by atoms with van der Waals surface area (Å²) in [6.07, 6.45) is 2.36. The smallest absolute Gasteiger partial charge is 0.130 e. The standard InChI is InChI=1S/C15H20N2O/c1-11(2)14-5-3-4-6-15(14)18-10-13(9-16)17-12-7-8-12/h3-6,11-13,17H,7-8,10H2,1-2H3. The molecule has 1 fully saturated rings. The van der Waals surface area contributed by atoms with Gasteiger partial charge in [-0.15, -0.1) is 0 Å². The molecule has 0 radical (unpaired) electrons. The van der Waals surface area contributed by atoms with Crippen LogP contribution in [0.15, 0.2) is 24.3 Å². The van der Waals surface area contributed by atoms with Gasteiger partial charge in [0.15, 0.2) is 0 Å². The zero-order valence-corrected chi connectivity index (χ0v) is 11.0. The Labute approximate surface area is 109 Å². The number of para-hydroxylation sites is 1. The maximum atomic E-state index is 9.07. The molecule has 1 saturated carbocycles. The molecule has 1 aliphatic rings. The predicted octanol–water partition coefficient (Wildman–Crippen LogP) is 2.83. The molecule has 1 atom stereocenters. The van der Waals surface area contributed by atoms with Crippen LogP contribution in [-0.2, 0) is 0 Å². The van der Waals surface area contributed by atoms with E-state index in [2.05, 4.69) is 31.3 Å². The Balaban J connectivity index is 1.94. The van der Waals surface area contributed by atoms with E-state index in [9.17, 15) is 0 Å². The van der Waals surface area contributed by atoms with Crippen LogP contribution in [0.1, 0.15) is 38.2 Å². The third-order valence-electron chi connectivity index (χ3n) is 3.12. The largest absolute Gasteiger partial charge is 0.491 e. The van der Waals surface area contributed by atoms with Crippen molar-refractivity contribution < 1.29 is 4.74 Å². The van der Waals surface area contributed by atoms with Crippen molar-refractivity contribution in [1.29, 1.82) is 5.26 Å². The summed E-state index contributed by atoms with van der Waals surface area (Å²) in [6, 6.07) is 10.6. The fourth-order valence-corrected chi connectivity index (χ4v) is 1.92. The first-order valence-electron chi connectivity index (χ1n) is 6.58. The van der Waals surface area contributed by atoms with Crippen molar-refractivity contribution in [2.45, 2.75) is 44.7 Å². The molecule has 0 spiro atoms. The van der Waals surface area contributed by atoms with Gasteiger partial charge < -0.3 is 4.74 Å². The molecule has 0 amide bonds. The molecule has 1 aromatic rings. The number of nitrogens with zero attached hydrogens (tertiary/aromatic N) is 1. The van der Waals surface area contributed by atoms with Crippen LogP contribution in [0.4, 0.5) is 0 Å². The van der Waals surface area contributed by atoms with Crippen LogP contribution >= 0.6 is 0 Å². The molecule has 0 aliphatic heterocycles. The minimum atomic E-state index is -0.210. The third kappa shape index (κ3) is 3.48. The fourth-order valence-electron chi connectivity index (χ4n) is 1.92. The molecule has 0 heterocycles. The normalized spacial score (nSPS) is 16.3. The number of hydrogen-bond acceptors (Lipinski definition) is 3. The van der Waals surface area contributed by atoms with Gasteiger partial charge in [-0.05, 0) is 30.4 Å². The number of nitrogens with one attached hydrogen (secondary N) is 1. The Morgan fingerprint density at radius 1 is 1.39 bits per heavy atom. The first-order chi connectivity index (χ1) is 8.70. The summed E-state index contributed by atoms with van der Waals surface area (Å²) in [6.45, 7) is 4.70. The van der Waals surface area contributed by atoms with Gasteiger partial charge in [0.2, 0.25) is 0 Å². The van der Waals surface area contributed by atoms with Crippen molar-refractivity contribution in [3.8, 4) is 11.8 Å². The number of nitriles is 1. The lowest BCUT2D eigenvalue weighted by Gasteiger charge is -2.16. The van der Waals surface area contributed by atoms with E-state index >= 15 is 0 Å². The maximum absolute atomic E-state index is 9.07. The van der Waals surface area contributed by atoms with Crippen molar-refractivity contribution in [2.75, 3.05) is 6.61 Å². The van der Waals surface area contributed by atoms with Crippen LogP contribution in [0.3, 0.4) is 0 Å². The molecular formula is C15H20N2O. The lowest BCUT2D eigenvalue weighted by atomic mass is 10.0. The fraction of sp³-hybridized carbons (Fsp3) is 0.533. The van der Waals surface area contributed by atoms with E-state index in [0.29, 0.717) is 18.6 Å². The summed E-state index contributed by atoms with van der Waals surface area (Å²) in [7, 11) is 0. The van der Waals surface area contributed by atoms with Gasteiger partial charge in [-0.1, -0.05) is 32.0 Å². The molecule has 1 aliphatic carbocycles. The SMILES string of the molecule is CC(C)c1ccccc1OCC(C#N)NC1CC1. The highest BCUT2D eigenvalue weighted by molar-refractivity contribution is 5.35. The number of benzene rings is 1. The molecule has 2 rings (SSSR count). The quantitative estimate of drug-likeness (QED) is 0.837. The van der Waals surface area contributed by atoms with Crippen molar-refractivity contribution in [2.24, 2.45) is 0 Å². The summed E-state index contributed by atoms with van der Waals surface area (Å²) < 4.78 is 5.80. The lowest BCUT2D eigenvalue weighted by Crippen LogP contribution is -2.34. The average molecular weight is 244 g/mol. The number of hydrogen-bond donors (Lipinski definition) is 1. The molecule has 0 aromatic heterocycles. The molecule has 0 bridgehead atoms. The van der Waals surface area contributed by atoms with E-state index in [1.165, 1.54) is 18.4 Å². The van der Waals surface area contributed by atoms with Crippen LogP contribution in [0.5, 0.6) is 5.75 Å². The highest BCUT2D eigenvalue weighted by atomic mass is 16.5. The second-order valence-corrected chi connectivity index (χ2v) is 5.13. The molecule has 3 nitrogen and oxygen atoms in total. The van der Waals surface area contributed by atoms with Crippen molar-refractivity contribution in [1.82, 2.24) is 5.32 Å². The maximum Gasteiger partial charge on any atom is 0.130 e. The second kappa shape index (κ2) is 5.88. The molecule has 96 valence electrons. The van der Waals surface area contributed by atoms with Crippen LogP contribution in [0.2, 0.25) is 0 Å². The topological polar surface area (TPSA) is 45.0 Å². The van der Waals surface area contributed by atoms with Gasteiger partial charge in [0.1, 0.15) is 18.4 Å². The van der Waals surface area contributed by atoms with Crippen molar-refractivity contribution >= 4 is 0 Å². The van der Waals surface area contributed by atoms with Gasteiger partial charge in [0, 0.05) is 6.04 Å². The Bertz CT molecular complexity index is 432. The van der Waals surface area contributed by atoms with Gasteiger partial charge in [-0.3, -0.25) is 5.32 Å². The van der Waals surface area contributed by atoms with E-state index in [4.69, 9.17) is 10.00 Å². The molecule has 1 aromatic carbocycles. The Kier molecular flexibility index (Phi) is 4.22.